The number of hydrogen-bond acceptors (Lipinski definition) is 7. The third-order valence-electron chi connectivity index (χ3n) is 4.68. The van der Waals surface area contributed by atoms with Gasteiger partial charge in [-0.05, 0) is 37.1 Å². The van der Waals surface area contributed by atoms with E-state index in [1.165, 1.54) is 12.8 Å². The molecule has 1 fully saturated rings. The van der Waals surface area contributed by atoms with Crippen LogP contribution >= 0.6 is 0 Å². The van der Waals surface area contributed by atoms with E-state index in [-0.39, 0.29) is 6.01 Å². The van der Waals surface area contributed by atoms with Gasteiger partial charge in [0.25, 0.3) is 0 Å². The lowest BCUT2D eigenvalue weighted by Crippen LogP contribution is -2.19. The summed E-state index contributed by atoms with van der Waals surface area (Å²) >= 11 is 0. The first-order chi connectivity index (χ1) is 12.8. The van der Waals surface area contributed by atoms with Crippen LogP contribution in [0.15, 0.2) is 41.1 Å². The quantitative estimate of drug-likeness (QED) is 0.586. The molecule has 130 valence electrons. The number of aromatic nitrogens is 5. The predicted octanol–water partition coefficient (Wildman–Crippen LogP) is 2.86. The summed E-state index contributed by atoms with van der Waals surface area (Å²) in [5, 5.41) is 8.67. The number of nitrogen functional groups attached to an aromatic ring is 1. The first kappa shape index (κ1) is 14.9. The van der Waals surface area contributed by atoms with Crippen LogP contribution in [0.1, 0.15) is 12.8 Å². The molecule has 0 unspecified atom stereocenters. The van der Waals surface area contributed by atoms with Crippen LogP contribution in [-0.2, 0) is 0 Å². The van der Waals surface area contributed by atoms with Gasteiger partial charge in [-0.1, -0.05) is 5.10 Å². The molecular weight excluding hydrogens is 330 g/mol. The number of nitrogens with two attached hydrogens (primary N) is 1. The van der Waals surface area contributed by atoms with Gasteiger partial charge in [-0.2, -0.15) is 0 Å². The molecule has 0 bridgehead atoms. The summed E-state index contributed by atoms with van der Waals surface area (Å²) in [6.45, 7) is 2.10. The normalized spacial score (nSPS) is 14.4. The Labute approximate surface area is 149 Å². The van der Waals surface area contributed by atoms with Crippen LogP contribution in [0.2, 0.25) is 0 Å². The van der Waals surface area contributed by atoms with Gasteiger partial charge in [0.15, 0.2) is 5.82 Å². The molecule has 3 aromatic heterocycles. The van der Waals surface area contributed by atoms with Crippen LogP contribution in [0.25, 0.3) is 33.7 Å². The molecule has 0 saturated carbocycles. The zero-order valence-electron chi connectivity index (χ0n) is 14.0. The number of nitrogens with one attached hydrogen (secondary N) is 1. The van der Waals surface area contributed by atoms with Crippen molar-refractivity contribution in [1.82, 2.24) is 25.1 Å². The van der Waals surface area contributed by atoms with Crippen LogP contribution in [-0.4, -0.2) is 38.2 Å². The maximum atomic E-state index is 5.53. The van der Waals surface area contributed by atoms with Gasteiger partial charge in [0.05, 0.1) is 0 Å². The van der Waals surface area contributed by atoms with E-state index in [4.69, 9.17) is 15.1 Å². The average Bonchev–Trinajstić information content (AvgIpc) is 3.42. The minimum absolute atomic E-state index is 0.0519. The van der Waals surface area contributed by atoms with E-state index in [2.05, 4.69) is 25.1 Å². The molecule has 1 saturated heterocycles. The number of hydrogen-bond donors (Lipinski definition) is 2. The molecule has 0 spiro atoms. The molecule has 0 atom stereocenters. The molecule has 0 aliphatic carbocycles. The van der Waals surface area contributed by atoms with Gasteiger partial charge in [-0.15, -0.1) is 5.10 Å². The molecule has 3 N–H and O–H groups in total. The number of nitrogens with zero attached hydrogens (tertiary/aromatic N) is 5. The Morgan fingerprint density at radius 3 is 2.81 bits per heavy atom. The van der Waals surface area contributed by atoms with E-state index in [9.17, 15) is 0 Å². The molecule has 1 aromatic carbocycles. The van der Waals surface area contributed by atoms with Crippen molar-refractivity contribution in [1.29, 1.82) is 0 Å². The van der Waals surface area contributed by atoms with Crippen LogP contribution in [0, 0.1) is 0 Å². The molecule has 0 radical (unpaired) electrons. The highest BCUT2D eigenvalue weighted by Gasteiger charge is 2.16. The molecule has 5 rings (SSSR count). The number of rotatable bonds is 3. The smallest absolute Gasteiger partial charge is 0.313 e. The molecule has 8 heteroatoms. The predicted molar refractivity (Wildman–Crippen MR) is 98.5 cm³/mol. The summed E-state index contributed by atoms with van der Waals surface area (Å²) in [7, 11) is 0. The molecule has 26 heavy (non-hydrogen) atoms. The number of fused-ring (bicyclic) bond motifs is 1. The lowest BCUT2D eigenvalue weighted by atomic mass is 10.1. The monoisotopic (exact) mass is 347 g/mol. The Morgan fingerprint density at radius 1 is 1.12 bits per heavy atom. The maximum Gasteiger partial charge on any atom is 0.313 e. The lowest BCUT2D eigenvalue weighted by Gasteiger charge is -2.16. The van der Waals surface area contributed by atoms with Crippen molar-refractivity contribution in [3.8, 4) is 22.8 Å². The van der Waals surface area contributed by atoms with Gasteiger partial charge in [-0.25, -0.2) is 9.97 Å². The van der Waals surface area contributed by atoms with Crippen LogP contribution in [0.4, 0.5) is 11.8 Å². The highest BCUT2D eigenvalue weighted by molar-refractivity contribution is 5.96. The summed E-state index contributed by atoms with van der Waals surface area (Å²) in [6.07, 6.45) is 6.17. The third-order valence-corrected chi connectivity index (χ3v) is 4.68. The highest BCUT2D eigenvalue weighted by atomic mass is 16.4. The number of benzene rings is 1. The minimum Gasteiger partial charge on any atom is -0.404 e. The minimum atomic E-state index is 0.0519. The van der Waals surface area contributed by atoms with E-state index in [1.807, 2.05) is 36.7 Å². The van der Waals surface area contributed by atoms with E-state index < -0.39 is 0 Å². The Bertz CT molecular complexity index is 1080. The second-order valence-electron chi connectivity index (χ2n) is 6.34. The largest absolute Gasteiger partial charge is 0.404 e. The Balaban J connectivity index is 1.59. The van der Waals surface area contributed by atoms with Crippen molar-refractivity contribution < 1.29 is 4.42 Å². The maximum absolute atomic E-state index is 5.53. The van der Waals surface area contributed by atoms with Crippen LogP contribution < -0.4 is 10.6 Å². The van der Waals surface area contributed by atoms with E-state index >= 15 is 0 Å². The summed E-state index contributed by atoms with van der Waals surface area (Å²) in [6, 6.07) is 7.89. The fourth-order valence-electron chi connectivity index (χ4n) is 3.39. The molecule has 4 aromatic rings. The molecule has 4 heterocycles. The first-order valence-electron chi connectivity index (χ1n) is 8.57. The van der Waals surface area contributed by atoms with Crippen molar-refractivity contribution >= 4 is 22.7 Å². The summed E-state index contributed by atoms with van der Waals surface area (Å²) in [5.74, 6) is 2.06. The Kier molecular flexibility index (Phi) is 3.34. The number of H-pyrrole nitrogens is 1. The molecule has 1 aliphatic rings. The zero-order valence-corrected chi connectivity index (χ0v) is 14.0. The van der Waals surface area contributed by atoms with Gasteiger partial charge >= 0.3 is 6.01 Å². The van der Waals surface area contributed by atoms with Crippen LogP contribution in [0.5, 0.6) is 0 Å². The fraction of sp³-hybridized carbons (Fsp3) is 0.222. The summed E-state index contributed by atoms with van der Waals surface area (Å²) in [4.78, 5) is 14.8. The van der Waals surface area contributed by atoms with Gasteiger partial charge in [0.1, 0.15) is 5.82 Å². The van der Waals surface area contributed by atoms with Crippen molar-refractivity contribution in [3.05, 3.63) is 36.7 Å². The number of anilines is 2. The molecular formula is C18H17N7O. The molecule has 0 amide bonds. The zero-order chi connectivity index (χ0) is 17.5. The molecule has 8 nitrogen and oxygen atoms in total. The van der Waals surface area contributed by atoms with E-state index in [0.29, 0.717) is 11.7 Å². The van der Waals surface area contributed by atoms with Crippen molar-refractivity contribution in [2.24, 2.45) is 0 Å². The fourth-order valence-corrected chi connectivity index (χ4v) is 3.39. The van der Waals surface area contributed by atoms with Crippen LogP contribution in [0.3, 0.4) is 0 Å². The second kappa shape index (κ2) is 5.83. The van der Waals surface area contributed by atoms with Gasteiger partial charge in [-0.3, -0.25) is 0 Å². The van der Waals surface area contributed by atoms with Crippen molar-refractivity contribution in [2.45, 2.75) is 12.8 Å². The Hall–Kier alpha value is -3.42. The summed E-state index contributed by atoms with van der Waals surface area (Å²) < 4.78 is 5.33. The topological polar surface area (TPSA) is 110 Å². The number of aromatic amines is 1. The first-order valence-corrected chi connectivity index (χ1v) is 8.57. The van der Waals surface area contributed by atoms with Gasteiger partial charge in [0.2, 0.25) is 5.89 Å². The lowest BCUT2D eigenvalue weighted by molar-refractivity contribution is 0.590. The average molecular weight is 347 g/mol. The standard InChI is InChI=1S/C18H17N7O/c19-18-24-23-17(26-18)11-3-4-14-12(9-11)13(10-21-14)16-20-6-5-15(22-16)25-7-1-2-8-25/h3-6,9-10,21H,1-2,7-8H2,(H2,19,24). The van der Waals surface area contributed by atoms with Crippen molar-refractivity contribution in [3.63, 3.8) is 0 Å². The van der Waals surface area contributed by atoms with E-state index in [0.717, 1.165) is 40.9 Å². The Morgan fingerprint density at radius 2 is 2.00 bits per heavy atom. The third kappa shape index (κ3) is 2.46. The highest BCUT2D eigenvalue weighted by Crippen LogP contribution is 2.31. The van der Waals surface area contributed by atoms with Crippen molar-refractivity contribution in [2.75, 3.05) is 23.7 Å². The van der Waals surface area contributed by atoms with Gasteiger partial charge < -0.3 is 20.0 Å². The molecule has 1 aliphatic heterocycles. The second-order valence-corrected chi connectivity index (χ2v) is 6.34. The SMILES string of the molecule is Nc1nnc(-c2ccc3[nH]cc(-c4nccc(N5CCCC5)n4)c3c2)o1. The summed E-state index contributed by atoms with van der Waals surface area (Å²) in [5.41, 5.74) is 8.27. The van der Waals surface area contributed by atoms with E-state index in [1.54, 1.807) is 0 Å². The van der Waals surface area contributed by atoms with Gasteiger partial charge in [0, 0.05) is 47.5 Å².